The van der Waals surface area contributed by atoms with Crippen molar-refractivity contribution in [3.63, 3.8) is 0 Å². The molecule has 0 unspecified atom stereocenters. The van der Waals surface area contributed by atoms with Gasteiger partial charge in [0.25, 0.3) is 5.91 Å². The molecule has 1 aromatic carbocycles. The molecule has 0 aromatic heterocycles. The third kappa shape index (κ3) is 4.04. The molecule has 21 heavy (non-hydrogen) atoms. The molecule has 0 atom stereocenters. The lowest BCUT2D eigenvalue weighted by molar-refractivity contribution is 0.0666. The number of hydrogen-bond donors (Lipinski definition) is 0. The van der Waals surface area contributed by atoms with Crippen molar-refractivity contribution >= 4 is 21.8 Å². The average Bonchev–Trinajstić information content (AvgIpc) is 2.95. The summed E-state index contributed by atoms with van der Waals surface area (Å²) >= 11 is 3.20. The van der Waals surface area contributed by atoms with Crippen molar-refractivity contribution in [1.29, 1.82) is 0 Å². The highest BCUT2D eigenvalue weighted by molar-refractivity contribution is 9.10. The Morgan fingerprint density at radius 1 is 1.29 bits per heavy atom. The van der Waals surface area contributed by atoms with Crippen LogP contribution >= 0.6 is 15.9 Å². The van der Waals surface area contributed by atoms with Gasteiger partial charge in [0, 0.05) is 19.1 Å². The number of halogens is 2. The fourth-order valence-electron chi connectivity index (χ4n) is 2.80. The van der Waals surface area contributed by atoms with Crippen molar-refractivity contribution in [2.24, 2.45) is 0 Å². The van der Waals surface area contributed by atoms with E-state index in [-0.39, 0.29) is 22.2 Å². The molecule has 0 saturated heterocycles. The molecule has 1 aliphatic carbocycles. The summed E-state index contributed by atoms with van der Waals surface area (Å²) in [6, 6.07) is 4.92. The van der Waals surface area contributed by atoms with E-state index in [4.69, 9.17) is 0 Å². The molecule has 0 heterocycles. The van der Waals surface area contributed by atoms with Crippen molar-refractivity contribution in [3.05, 3.63) is 34.1 Å². The number of nitrogens with zero attached hydrogens (tertiary/aromatic N) is 2. The van der Waals surface area contributed by atoms with Gasteiger partial charge in [-0.15, -0.1) is 0 Å². The van der Waals surface area contributed by atoms with E-state index in [1.807, 2.05) is 19.0 Å². The summed E-state index contributed by atoms with van der Waals surface area (Å²) in [5, 5.41) is 0. The smallest absolute Gasteiger partial charge is 0.255 e. The van der Waals surface area contributed by atoms with Gasteiger partial charge in [-0.3, -0.25) is 4.79 Å². The van der Waals surface area contributed by atoms with E-state index in [1.54, 1.807) is 12.1 Å². The van der Waals surface area contributed by atoms with Crippen LogP contribution in [0.25, 0.3) is 0 Å². The predicted molar refractivity (Wildman–Crippen MR) is 85.9 cm³/mol. The van der Waals surface area contributed by atoms with Gasteiger partial charge in [0.05, 0.1) is 10.0 Å². The highest BCUT2D eigenvalue weighted by Gasteiger charge is 2.28. The zero-order chi connectivity index (χ0) is 15.4. The van der Waals surface area contributed by atoms with Crippen LogP contribution in [0.5, 0.6) is 0 Å². The molecule has 1 amide bonds. The summed E-state index contributed by atoms with van der Waals surface area (Å²) in [5.74, 6) is -0.463. The van der Waals surface area contributed by atoms with Crippen LogP contribution in [-0.2, 0) is 0 Å². The molecule has 1 aliphatic rings. The highest BCUT2D eigenvalue weighted by atomic mass is 79.9. The van der Waals surface area contributed by atoms with Crippen LogP contribution < -0.4 is 0 Å². The van der Waals surface area contributed by atoms with Crippen molar-refractivity contribution in [2.75, 3.05) is 27.2 Å². The van der Waals surface area contributed by atoms with Crippen molar-refractivity contribution in [3.8, 4) is 0 Å². The monoisotopic (exact) mass is 356 g/mol. The molecule has 3 nitrogen and oxygen atoms in total. The molecular weight excluding hydrogens is 335 g/mol. The van der Waals surface area contributed by atoms with Crippen LogP contribution in [0.4, 0.5) is 4.39 Å². The molecule has 0 spiro atoms. The fourth-order valence-corrected chi connectivity index (χ4v) is 3.23. The van der Waals surface area contributed by atoms with Crippen LogP contribution in [-0.4, -0.2) is 48.9 Å². The summed E-state index contributed by atoms with van der Waals surface area (Å²) in [7, 11) is 3.99. The van der Waals surface area contributed by atoms with Crippen molar-refractivity contribution < 1.29 is 9.18 Å². The maximum Gasteiger partial charge on any atom is 0.255 e. The van der Waals surface area contributed by atoms with Crippen LogP contribution in [0.1, 0.15) is 36.0 Å². The van der Waals surface area contributed by atoms with E-state index in [0.29, 0.717) is 12.1 Å². The summed E-state index contributed by atoms with van der Waals surface area (Å²) in [6.45, 7) is 1.49. The normalized spacial score (nSPS) is 15.7. The molecule has 0 aliphatic heterocycles. The van der Waals surface area contributed by atoms with E-state index >= 15 is 0 Å². The second-order valence-corrected chi connectivity index (χ2v) is 6.63. The number of amides is 1. The maximum absolute atomic E-state index is 13.7. The Kier molecular flexibility index (Phi) is 5.76. The minimum Gasteiger partial charge on any atom is -0.334 e. The molecule has 1 saturated carbocycles. The summed E-state index contributed by atoms with van der Waals surface area (Å²) in [5.41, 5.74) is 0.417. The largest absolute Gasteiger partial charge is 0.334 e. The Balaban J connectivity index is 2.22. The van der Waals surface area contributed by atoms with E-state index in [9.17, 15) is 9.18 Å². The highest BCUT2D eigenvalue weighted by Crippen LogP contribution is 2.27. The van der Waals surface area contributed by atoms with E-state index in [0.717, 1.165) is 19.4 Å². The average molecular weight is 357 g/mol. The van der Waals surface area contributed by atoms with Crippen LogP contribution in [0, 0.1) is 5.82 Å². The van der Waals surface area contributed by atoms with E-state index in [2.05, 4.69) is 20.8 Å². The van der Waals surface area contributed by atoms with Gasteiger partial charge in [-0.25, -0.2) is 4.39 Å². The number of carbonyl (C=O) groups excluding carboxylic acids is 1. The molecule has 116 valence electrons. The Labute approximate surface area is 134 Å². The summed E-state index contributed by atoms with van der Waals surface area (Å²) in [6.07, 6.45) is 4.43. The van der Waals surface area contributed by atoms with Gasteiger partial charge in [0.1, 0.15) is 5.82 Å². The lowest BCUT2D eigenvalue weighted by atomic mass is 10.1. The SMILES string of the molecule is CN(C)CCN(C(=O)c1cccc(F)c1Br)C1CCCC1. The minimum absolute atomic E-state index is 0.0740. The van der Waals surface area contributed by atoms with Crippen molar-refractivity contribution in [2.45, 2.75) is 31.7 Å². The number of carbonyl (C=O) groups is 1. The first-order valence-electron chi connectivity index (χ1n) is 7.40. The third-order valence-corrected chi connectivity index (χ3v) is 4.80. The number of hydrogen-bond acceptors (Lipinski definition) is 2. The molecule has 0 bridgehead atoms. The lowest BCUT2D eigenvalue weighted by Crippen LogP contribution is -2.42. The zero-order valence-corrected chi connectivity index (χ0v) is 14.2. The Bertz CT molecular complexity index is 501. The second kappa shape index (κ2) is 7.36. The number of benzene rings is 1. The second-order valence-electron chi connectivity index (χ2n) is 5.84. The maximum atomic E-state index is 13.7. The van der Waals surface area contributed by atoms with Crippen molar-refractivity contribution in [1.82, 2.24) is 9.80 Å². The zero-order valence-electron chi connectivity index (χ0n) is 12.6. The summed E-state index contributed by atoms with van der Waals surface area (Å²) in [4.78, 5) is 16.8. The molecule has 1 aromatic rings. The first kappa shape index (κ1) is 16.4. The molecule has 1 fully saturated rings. The predicted octanol–water partition coefficient (Wildman–Crippen LogP) is 3.53. The topological polar surface area (TPSA) is 23.6 Å². The quantitative estimate of drug-likeness (QED) is 0.805. The number of likely N-dealkylation sites (N-methyl/N-ethyl adjacent to an activating group) is 1. The summed E-state index contributed by atoms with van der Waals surface area (Å²) < 4.78 is 13.9. The standard InChI is InChI=1S/C16H22BrFN2O/c1-19(2)10-11-20(12-6-3-4-7-12)16(21)13-8-5-9-14(18)15(13)17/h5,8-9,12H,3-4,6-7,10-11H2,1-2H3. The van der Waals surface area contributed by atoms with Crippen LogP contribution in [0.2, 0.25) is 0 Å². The first-order chi connectivity index (χ1) is 10.0. The van der Waals surface area contributed by atoms with Gasteiger partial charge in [0.2, 0.25) is 0 Å². The van der Waals surface area contributed by atoms with Crippen LogP contribution in [0.3, 0.4) is 0 Å². The molecular formula is C16H22BrFN2O. The molecule has 0 radical (unpaired) electrons. The van der Waals surface area contributed by atoms with E-state index < -0.39 is 0 Å². The van der Waals surface area contributed by atoms with Gasteiger partial charge in [-0.1, -0.05) is 18.9 Å². The fraction of sp³-hybridized carbons (Fsp3) is 0.562. The van der Waals surface area contributed by atoms with E-state index in [1.165, 1.54) is 18.9 Å². The Morgan fingerprint density at radius 3 is 2.57 bits per heavy atom. The minimum atomic E-state index is -0.389. The van der Waals surface area contributed by atoms with Gasteiger partial charge >= 0.3 is 0 Å². The van der Waals surface area contributed by atoms with Gasteiger partial charge in [0.15, 0.2) is 0 Å². The number of rotatable bonds is 5. The van der Waals surface area contributed by atoms with Gasteiger partial charge in [-0.05, 0) is 55.0 Å². The van der Waals surface area contributed by atoms with Gasteiger partial charge in [-0.2, -0.15) is 0 Å². The Morgan fingerprint density at radius 2 is 1.95 bits per heavy atom. The third-order valence-electron chi connectivity index (χ3n) is 4.00. The Hall–Kier alpha value is -0.940. The lowest BCUT2D eigenvalue weighted by Gasteiger charge is -2.30. The molecule has 5 heteroatoms. The molecule has 0 N–H and O–H groups in total. The molecule has 2 rings (SSSR count). The first-order valence-corrected chi connectivity index (χ1v) is 8.19. The van der Waals surface area contributed by atoms with Crippen LogP contribution in [0.15, 0.2) is 22.7 Å². The van der Waals surface area contributed by atoms with Gasteiger partial charge < -0.3 is 9.80 Å².